The monoisotopic (exact) mass is 205 g/mol. The number of aryl methyl sites for hydroxylation is 1. The standard InChI is InChI=1S/C8H7N5O2/c1-12-10-8(9-11-12)6-4-2-3-5-7(6)13(14)15/h2-5H,1H3. The fraction of sp³-hybridized carbons (Fsp3) is 0.125. The highest BCUT2D eigenvalue weighted by Gasteiger charge is 2.17. The van der Waals surface area contributed by atoms with Crippen LogP contribution in [0.4, 0.5) is 5.69 Å². The fourth-order valence-corrected chi connectivity index (χ4v) is 1.21. The van der Waals surface area contributed by atoms with Crippen LogP contribution in [0, 0.1) is 10.1 Å². The van der Waals surface area contributed by atoms with Crippen molar-refractivity contribution in [1.82, 2.24) is 20.2 Å². The van der Waals surface area contributed by atoms with Gasteiger partial charge in [0.1, 0.15) is 5.56 Å². The second-order valence-electron chi connectivity index (χ2n) is 2.88. The van der Waals surface area contributed by atoms with Gasteiger partial charge in [-0.2, -0.15) is 4.80 Å². The van der Waals surface area contributed by atoms with Crippen molar-refractivity contribution < 1.29 is 4.92 Å². The van der Waals surface area contributed by atoms with Crippen LogP contribution in [0.2, 0.25) is 0 Å². The van der Waals surface area contributed by atoms with Crippen LogP contribution < -0.4 is 0 Å². The molecule has 0 aliphatic heterocycles. The molecule has 7 nitrogen and oxygen atoms in total. The van der Waals surface area contributed by atoms with Gasteiger partial charge in [-0.1, -0.05) is 12.1 Å². The first kappa shape index (κ1) is 9.25. The van der Waals surface area contributed by atoms with E-state index in [1.165, 1.54) is 10.9 Å². The Bertz CT molecular complexity index is 507. The first-order valence-corrected chi connectivity index (χ1v) is 4.16. The first-order chi connectivity index (χ1) is 7.18. The van der Waals surface area contributed by atoms with Crippen molar-refractivity contribution in [3.63, 3.8) is 0 Å². The van der Waals surface area contributed by atoms with Crippen LogP contribution in [0.25, 0.3) is 11.4 Å². The van der Waals surface area contributed by atoms with Gasteiger partial charge in [0.25, 0.3) is 5.69 Å². The predicted molar refractivity (Wildman–Crippen MR) is 50.9 cm³/mol. The molecule has 2 rings (SSSR count). The normalized spacial score (nSPS) is 10.2. The SMILES string of the molecule is Cn1nnc(-c2ccccc2[N+](=O)[O-])n1. The third-order valence-corrected chi connectivity index (χ3v) is 1.85. The number of benzene rings is 1. The van der Waals surface area contributed by atoms with Gasteiger partial charge in [0.05, 0.1) is 12.0 Å². The van der Waals surface area contributed by atoms with Crippen molar-refractivity contribution in [2.75, 3.05) is 0 Å². The molecule has 1 aromatic heterocycles. The molecule has 0 saturated heterocycles. The number of aromatic nitrogens is 4. The number of nitrogens with zero attached hydrogens (tertiary/aromatic N) is 5. The Morgan fingerprint density at radius 1 is 1.40 bits per heavy atom. The molecule has 0 fully saturated rings. The minimum Gasteiger partial charge on any atom is -0.258 e. The Morgan fingerprint density at radius 2 is 2.13 bits per heavy atom. The van der Waals surface area contributed by atoms with Crippen molar-refractivity contribution in [3.05, 3.63) is 34.4 Å². The molecule has 0 saturated carbocycles. The number of nitro groups is 1. The van der Waals surface area contributed by atoms with Crippen molar-refractivity contribution in [2.24, 2.45) is 7.05 Å². The van der Waals surface area contributed by atoms with Crippen LogP contribution >= 0.6 is 0 Å². The van der Waals surface area contributed by atoms with Gasteiger partial charge in [-0.15, -0.1) is 10.2 Å². The summed E-state index contributed by atoms with van der Waals surface area (Å²) in [7, 11) is 1.60. The molecule has 0 aliphatic carbocycles. The van der Waals surface area contributed by atoms with E-state index in [4.69, 9.17) is 0 Å². The largest absolute Gasteiger partial charge is 0.280 e. The lowest BCUT2D eigenvalue weighted by Crippen LogP contribution is -1.94. The molecule has 76 valence electrons. The van der Waals surface area contributed by atoms with Gasteiger partial charge < -0.3 is 0 Å². The van der Waals surface area contributed by atoms with E-state index in [9.17, 15) is 10.1 Å². The van der Waals surface area contributed by atoms with E-state index >= 15 is 0 Å². The van der Waals surface area contributed by atoms with E-state index < -0.39 is 4.92 Å². The van der Waals surface area contributed by atoms with E-state index in [0.717, 1.165) is 0 Å². The maximum absolute atomic E-state index is 10.7. The Morgan fingerprint density at radius 3 is 2.73 bits per heavy atom. The van der Waals surface area contributed by atoms with Crippen molar-refractivity contribution in [1.29, 1.82) is 0 Å². The maximum atomic E-state index is 10.7. The molecule has 1 heterocycles. The molecular weight excluding hydrogens is 198 g/mol. The van der Waals surface area contributed by atoms with Crippen LogP contribution in [0.1, 0.15) is 0 Å². The molecule has 0 radical (unpaired) electrons. The number of nitro benzene ring substituents is 1. The van der Waals surface area contributed by atoms with E-state index in [1.807, 2.05) is 0 Å². The second-order valence-corrected chi connectivity index (χ2v) is 2.88. The molecule has 2 aromatic rings. The summed E-state index contributed by atoms with van der Waals surface area (Å²) in [5.41, 5.74) is 0.348. The summed E-state index contributed by atoms with van der Waals surface area (Å²) >= 11 is 0. The minimum absolute atomic E-state index is 0.0227. The summed E-state index contributed by atoms with van der Waals surface area (Å²) in [6.07, 6.45) is 0. The van der Waals surface area contributed by atoms with Gasteiger partial charge >= 0.3 is 0 Å². The van der Waals surface area contributed by atoms with E-state index in [2.05, 4.69) is 15.4 Å². The van der Waals surface area contributed by atoms with E-state index in [-0.39, 0.29) is 11.5 Å². The average molecular weight is 205 g/mol. The van der Waals surface area contributed by atoms with Gasteiger partial charge in [0, 0.05) is 6.07 Å². The summed E-state index contributed by atoms with van der Waals surface area (Å²) in [5.74, 6) is 0.254. The second kappa shape index (κ2) is 3.45. The van der Waals surface area contributed by atoms with Gasteiger partial charge in [-0.3, -0.25) is 10.1 Å². The summed E-state index contributed by atoms with van der Waals surface area (Å²) in [5, 5.41) is 22.0. The van der Waals surface area contributed by atoms with Crippen molar-refractivity contribution >= 4 is 5.69 Å². The zero-order chi connectivity index (χ0) is 10.8. The summed E-state index contributed by atoms with van der Waals surface area (Å²) in [6.45, 7) is 0. The first-order valence-electron chi connectivity index (χ1n) is 4.16. The highest BCUT2D eigenvalue weighted by molar-refractivity contribution is 5.66. The van der Waals surface area contributed by atoms with Gasteiger partial charge in [0.15, 0.2) is 0 Å². The molecule has 0 N–H and O–H groups in total. The number of hydrogen-bond acceptors (Lipinski definition) is 5. The van der Waals surface area contributed by atoms with Crippen LogP contribution in [0.5, 0.6) is 0 Å². The summed E-state index contributed by atoms with van der Waals surface area (Å²) in [6, 6.07) is 6.29. The Labute approximate surface area is 84.5 Å². The fourth-order valence-electron chi connectivity index (χ4n) is 1.21. The van der Waals surface area contributed by atoms with Crippen LogP contribution in [0.3, 0.4) is 0 Å². The lowest BCUT2D eigenvalue weighted by molar-refractivity contribution is -0.384. The van der Waals surface area contributed by atoms with Crippen molar-refractivity contribution in [3.8, 4) is 11.4 Å². The van der Waals surface area contributed by atoms with Gasteiger partial charge in [-0.25, -0.2) is 0 Å². The predicted octanol–water partition coefficient (Wildman–Crippen LogP) is 0.785. The molecule has 0 atom stereocenters. The van der Waals surface area contributed by atoms with Gasteiger partial charge in [0.2, 0.25) is 5.82 Å². The third-order valence-electron chi connectivity index (χ3n) is 1.85. The molecule has 0 bridgehead atoms. The molecule has 0 amide bonds. The number of tetrazole rings is 1. The Balaban J connectivity index is 2.57. The Kier molecular flexibility index (Phi) is 2.13. The minimum atomic E-state index is -0.467. The molecule has 0 spiro atoms. The summed E-state index contributed by atoms with van der Waals surface area (Å²) in [4.78, 5) is 11.5. The third kappa shape index (κ3) is 1.66. The molecule has 15 heavy (non-hydrogen) atoms. The molecular formula is C8H7N5O2. The quantitative estimate of drug-likeness (QED) is 0.534. The van der Waals surface area contributed by atoms with Gasteiger partial charge in [-0.05, 0) is 11.3 Å². The molecule has 7 heteroatoms. The molecule has 0 aliphatic rings. The van der Waals surface area contributed by atoms with E-state index in [0.29, 0.717) is 5.56 Å². The lowest BCUT2D eigenvalue weighted by atomic mass is 10.2. The number of para-hydroxylation sites is 1. The number of hydrogen-bond donors (Lipinski definition) is 0. The lowest BCUT2D eigenvalue weighted by Gasteiger charge is -1.95. The summed E-state index contributed by atoms with van der Waals surface area (Å²) < 4.78 is 0. The highest BCUT2D eigenvalue weighted by atomic mass is 16.6. The Hall–Kier alpha value is -2.31. The smallest absolute Gasteiger partial charge is 0.258 e. The highest BCUT2D eigenvalue weighted by Crippen LogP contribution is 2.25. The van der Waals surface area contributed by atoms with Crippen LogP contribution in [0.15, 0.2) is 24.3 Å². The molecule has 1 aromatic carbocycles. The zero-order valence-electron chi connectivity index (χ0n) is 7.86. The zero-order valence-corrected chi connectivity index (χ0v) is 7.86. The topological polar surface area (TPSA) is 86.7 Å². The van der Waals surface area contributed by atoms with E-state index in [1.54, 1.807) is 25.2 Å². The van der Waals surface area contributed by atoms with Crippen LogP contribution in [-0.2, 0) is 7.05 Å². The van der Waals surface area contributed by atoms with Crippen LogP contribution in [-0.4, -0.2) is 25.1 Å². The molecule has 0 unspecified atom stereocenters. The van der Waals surface area contributed by atoms with Crippen molar-refractivity contribution in [2.45, 2.75) is 0 Å². The average Bonchev–Trinajstić information content (AvgIpc) is 2.65. The maximum Gasteiger partial charge on any atom is 0.280 e. The number of rotatable bonds is 2.